The SMILES string of the molecule is COc1c2c(cc3c1C(c1nnnn1-c1cccc(C(=O)NC(C)c4ccccc4)c1)N(C)CC3)OCO2. The van der Waals surface area contributed by atoms with Crippen LogP contribution in [0, 0.1) is 0 Å². The van der Waals surface area contributed by atoms with E-state index in [1.54, 1.807) is 23.9 Å². The Kier molecular flexibility index (Phi) is 6.16. The van der Waals surface area contributed by atoms with Crippen molar-refractivity contribution in [1.29, 1.82) is 0 Å². The number of carbonyl (C=O) groups excluding carboxylic acids is 1. The van der Waals surface area contributed by atoms with Crippen LogP contribution in [0.5, 0.6) is 17.2 Å². The topological polar surface area (TPSA) is 104 Å². The molecule has 10 nitrogen and oxygen atoms in total. The standard InChI is InChI=1S/C28H28N6O4/c1-17(18-8-5-4-6-9-18)29-28(35)20-10-7-11-21(14-20)34-27(30-31-32-34)24-23-19(12-13-33(24)2)15-22-25(26(23)36-3)38-16-37-22/h4-11,14-15,17,24H,12-13,16H2,1-3H3,(H,29,35). The summed E-state index contributed by atoms with van der Waals surface area (Å²) in [5, 5.41) is 15.8. The molecule has 38 heavy (non-hydrogen) atoms. The van der Waals surface area contributed by atoms with Crippen LogP contribution in [0.4, 0.5) is 0 Å². The van der Waals surface area contributed by atoms with E-state index < -0.39 is 0 Å². The van der Waals surface area contributed by atoms with Crippen LogP contribution in [-0.2, 0) is 6.42 Å². The second kappa shape index (κ2) is 9.79. The molecule has 2 atom stereocenters. The van der Waals surface area contributed by atoms with Crippen LogP contribution in [0.25, 0.3) is 5.69 Å². The molecule has 6 rings (SSSR count). The zero-order valence-corrected chi connectivity index (χ0v) is 21.4. The molecule has 2 unspecified atom stereocenters. The highest BCUT2D eigenvalue weighted by Crippen LogP contribution is 2.50. The Morgan fingerprint density at radius 2 is 1.97 bits per heavy atom. The highest BCUT2D eigenvalue weighted by Gasteiger charge is 2.37. The Bertz CT molecular complexity index is 1490. The first-order chi connectivity index (χ1) is 18.5. The first kappa shape index (κ1) is 23.9. The molecule has 0 fully saturated rings. The van der Waals surface area contributed by atoms with Gasteiger partial charge in [-0.25, -0.2) is 0 Å². The minimum Gasteiger partial charge on any atom is -0.492 e. The molecule has 1 aromatic heterocycles. The summed E-state index contributed by atoms with van der Waals surface area (Å²) < 4.78 is 18.9. The number of amides is 1. The van der Waals surface area contributed by atoms with E-state index in [9.17, 15) is 4.79 Å². The number of nitrogens with one attached hydrogen (secondary N) is 1. The van der Waals surface area contributed by atoms with E-state index in [2.05, 4.69) is 25.7 Å². The molecule has 10 heteroatoms. The van der Waals surface area contributed by atoms with Gasteiger partial charge in [0.1, 0.15) is 6.04 Å². The number of ether oxygens (including phenoxy) is 3. The van der Waals surface area contributed by atoms with E-state index in [0.29, 0.717) is 34.3 Å². The van der Waals surface area contributed by atoms with Crippen LogP contribution in [0.2, 0.25) is 0 Å². The molecule has 0 saturated carbocycles. The van der Waals surface area contributed by atoms with Crippen LogP contribution >= 0.6 is 0 Å². The third-order valence-corrected chi connectivity index (χ3v) is 7.13. The summed E-state index contributed by atoms with van der Waals surface area (Å²) in [5.74, 6) is 2.35. The summed E-state index contributed by atoms with van der Waals surface area (Å²) >= 11 is 0. The number of nitrogens with zero attached hydrogens (tertiary/aromatic N) is 5. The number of carbonyl (C=O) groups is 1. The van der Waals surface area contributed by atoms with Crippen molar-refractivity contribution in [3.63, 3.8) is 0 Å². The number of aromatic nitrogens is 4. The molecular formula is C28H28N6O4. The van der Waals surface area contributed by atoms with E-state index in [1.165, 1.54) is 0 Å². The zero-order chi connectivity index (χ0) is 26.2. The number of hydrogen-bond donors (Lipinski definition) is 1. The van der Waals surface area contributed by atoms with Gasteiger partial charge < -0.3 is 19.5 Å². The van der Waals surface area contributed by atoms with E-state index >= 15 is 0 Å². The lowest BCUT2D eigenvalue weighted by molar-refractivity contribution is 0.0940. The number of methoxy groups -OCH3 is 1. The molecule has 194 valence electrons. The Labute approximate surface area is 220 Å². The highest BCUT2D eigenvalue weighted by molar-refractivity contribution is 5.95. The molecule has 1 N–H and O–H groups in total. The maximum atomic E-state index is 13.1. The van der Waals surface area contributed by atoms with E-state index in [4.69, 9.17) is 14.2 Å². The van der Waals surface area contributed by atoms with Gasteiger partial charge in [-0.2, -0.15) is 4.68 Å². The summed E-state index contributed by atoms with van der Waals surface area (Å²) in [7, 11) is 3.66. The summed E-state index contributed by atoms with van der Waals surface area (Å²) in [4.78, 5) is 15.3. The maximum absolute atomic E-state index is 13.1. The Balaban J connectivity index is 1.35. The second-order valence-corrected chi connectivity index (χ2v) is 9.45. The van der Waals surface area contributed by atoms with E-state index in [1.807, 2.05) is 62.5 Å². The van der Waals surface area contributed by atoms with Gasteiger partial charge in [-0.1, -0.05) is 36.4 Å². The molecule has 1 amide bonds. The normalized spacial score (nSPS) is 17.1. The second-order valence-electron chi connectivity index (χ2n) is 9.45. The number of benzene rings is 3. The van der Waals surface area contributed by atoms with Crippen LogP contribution in [0.1, 0.15) is 51.9 Å². The first-order valence-corrected chi connectivity index (χ1v) is 12.5. The quantitative estimate of drug-likeness (QED) is 0.419. The summed E-state index contributed by atoms with van der Waals surface area (Å²) in [5.41, 5.74) is 4.29. The number of rotatable bonds is 6. The molecule has 4 aromatic rings. The summed E-state index contributed by atoms with van der Waals surface area (Å²) in [6, 6.07) is 18.8. The molecule has 2 aliphatic heterocycles. The lowest BCUT2D eigenvalue weighted by atomic mass is 9.90. The van der Waals surface area contributed by atoms with Gasteiger partial charge in [0.2, 0.25) is 12.5 Å². The van der Waals surface area contributed by atoms with Gasteiger partial charge in [-0.3, -0.25) is 9.69 Å². The van der Waals surface area contributed by atoms with Gasteiger partial charge in [-0.05, 0) is 66.2 Å². The van der Waals surface area contributed by atoms with Crippen LogP contribution < -0.4 is 19.5 Å². The van der Waals surface area contributed by atoms with Crippen molar-refractivity contribution in [1.82, 2.24) is 30.4 Å². The van der Waals surface area contributed by atoms with Gasteiger partial charge in [0.15, 0.2) is 17.3 Å². The van der Waals surface area contributed by atoms with Crippen LogP contribution in [0.15, 0.2) is 60.7 Å². The minimum absolute atomic E-state index is 0.135. The average molecular weight is 513 g/mol. The average Bonchev–Trinajstić information content (AvgIpc) is 3.62. The van der Waals surface area contributed by atoms with E-state index in [0.717, 1.165) is 29.7 Å². The molecule has 0 radical (unpaired) electrons. The van der Waals surface area contributed by atoms with Gasteiger partial charge in [0, 0.05) is 17.7 Å². The zero-order valence-electron chi connectivity index (χ0n) is 21.4. The Morgan fingerprint density at radius 1 is 1.13 bits per heavy atom. The molecule has 3 aromatic carbocycles. The molecule has 0 saturated heterocycles. The van der Waals surface area contributed by atoms with Crippen molar-refractivity contribution in [2.75, 3.05) is 27.5 Å². The third-order valence-electron chi connectivity index (χ3n) is 7.13. The fraction of sp³-hybridized carbons (Fsp3) is 0.286. The third kappa shape index (κ3) is 4.12. The largest absolute Gasteiger partial charge is 0.492 e. The van der Waals surface area contributed by atoms with Crippen LogP contribution in [0.3, 0.4) is 0 Å². The van der Waals surface area contributed by atoms with Crippen molar-refractivity contribution in [3.8, 4) is 22.9 Å². The maximum Gasteiger partial charge on any atom is 0.251 e. The van der Waals surface area contributed by atoms with Gasteiger partial charge in [-0.15, -0.1) is 5.10 Å². The van der Waals surface area contributed by atoms with Crippen molar-refractivity contribution in [2.45, 2.75) is 25.4 Å². The molecule has 2 aliphatic rings. The number of tetrazole rings is 1. The predicted molar refractivity (Wildman–Crippen MR) is 139 cm³/mol. The first-order valence-electron chi connectivity index (χ1n) is 12.5. The molecule has 0 bridgehead atoms. The lowest BCUT2D eigenvalue weighted by Crippen LogP contribution is -2.35. The van der Waals surface area contributed by atoms with E-state index in [-0.39, 0.29) is 24.8 Å². The van der Waals surface area contributed by atoms with Crippen molar-refractivity contribution in [2.24, 2.45) is 0 Å². The predicted octanol–water partition coefficient (Wildman–Crippen LogP) is 3.47. The van der Waals surface area contributed by atoms with Gasteiger partial charge in [0.25, 0.3) is 5.91 Å². The highest BCUT2D eigenvalue weighted by atomic mass is 16.7. The van der Waals surface area contributed by atoms with Crippen LogP contribution in [-0.4, -0.2) is 58.5 Å². The Hall–Kier alpha value is -4.44. The summed E-state index contributed by atoms with van der Waals surface area (Å²) in [6.07, 6.45) is 0.826. The lowest BCUT2D eigenvalue weighted by Gasteiger charge is -2.34. The van der Waals surface area contributed by atoms with Crippen molar-refractivity contribution < 1.29 is 19.0 Å². The molecule has 0 spiro atoms. The monoisotopic (exact) mass is 512 g/mol. The number of likely N-dealkylation sites (N-methyl/N-ethyl adjacent to an activating group) is 1. The molecule has 3 heterocycles. The fourth-order valence-corrected chi connectivity index (χ4v) is 5.19. The fourth-order valence-electron chi connectivity index (χ4n) is 5.19. The van der Waals surface area contributed by atoms with Crippen molar-refractivity contribution in [3.05, 3.63) is 88.7 Å². The Morgan fingerprint density at radius 3 is 2.79 bits per heavy atom. The van der Waals surface area contributed by atoms with Gasteiger partial charge >= 0.3 is 0 Å². The molecule has 0 aliphatic carbocycles. The van der Waals surface area contributed by atoms with Crippen molar-refractivity contribution >= 4 is 5.91 Å². The van der Waals surface area contributed by atoms with Gasteiger partial charge in [0.05, 0.1) is 18.8 Å². The smallest absolute Gasteiger partial charge is 0.251 e. The summed E-state index contributed by atoms with van der Waals surface area (Å²) in [6.45, 7) is 2.92. The number of hydrogen-bond acceptors (Lipinski definition) is 8. The number of fused-ring (bicyclic) bond motifs is 2. The minimum atomic E-state index is -0.297. The molecular weight excluding hydrogens is 484 g/mol.